The van der Waals surface area contributed by atoms with Crippen LogP contribution in [-0.4, -0.2) is 50.9 Å². The Balaban J connectivity index is 1.68. The summed E-state index contributed by atoms with van der Waals surface area (Å²) >= 11 is 6.22. The summed E-state index contributed by atoms with van der Waals surface area (Å²) in [6.07, 6.45) is 5.06. The van der Waals surface area contributed by atoms with Crippen LogP contribution >= 0.6 is 11.6 Å². The molecule has 218 valence electrons. The SMILES string of the molecule is COc1cccc(N(CC(=O)N(Cc2cccc(Cl)c2)C(C)C(=O)NC2CCCCC2)S(=O)(=O)c2ccccc2)c1. The molecule has 0 radical (unpaired) electrons. The number of benzene rings is 3. The maximum atomic E-state index is 14.1. The zero-order valence-electron chi connectivity index (χ0n) is 23.3. The van der Waals surface area contributed by atoms with E-state index in [9.17, 15) is 18.0 Å². The fourth-order valence-electron chi connectivity index (χ4n) is 5.00. The van der Waals surface area contributed by atoms with Crippen molar-refractivity contribution in [1.82, 2.24) is 10.2 Å². The Hall–Kier alpha value is -3.56. The van der Waals surface area contributed by atoms with Crippen molar-refractivity contribution in [2.75, 3.05) is 18.0 Å². The van der Waals surface area contributed by atoms with Gasteiger partial charge < -0.3 is 15.0 Å². The second kappa shape index (κ2) is 13.9. The summed E-state index contributed by atoms with van der Waals surface area (Å²) in [5.41, 5.74) is 0.991. The topological polar surface area (TPSA) is 96.0 Å². The average molecular weight is 598 g/mol. The van der Waals surface area contributed by atoms with E-state index in [0.717, 1.165) is 42.0 Å². The molecule has 0 aliphatic heterocycles. The molecule has 0 heterocycles. The van der Waals surface area contributed by atoms with Crippen LogP contribution < -0.4 is 14.4 Å². The standard InChI is InChI=1S/C31H36ClN3O5S/c1-23(31(37)33-26-13-5-3-6-14-26)34(21-24-11-9-12-25(32)19-24)30(36)22-35(27-15-10-16-28(20-27)40-2)41(38,39)29-17-7-4-8-18-29/h4,7-12,15-20,23,26H,3,5-6,13-14,21-22H2,1-2H3,(H,33,37). The lowest BCUT2D eigenvalue weighted by atomic mass is 9.95. The van der Waals surface area contributed by atoms with Gasteiger partial charge in [0.05, 0.1) is 17.7 Å². The number of amides is 2. The van der Waals surface area contributed by atoms with E-state index in [-0.39, 0.29) is 29.1 Å². The highest BCUT2D eigenvalue weighted by molar-refractivity contribution is 7.92. The highest BCUT2D eigenvalue weighted by Gasteiger charge is 2.33. The number of sulfonamides is 1. The molecule has 1 aliphatic rings. The normalized spacial score (nSPS) is 14.6. The number of nitrogens with zero attached hydrogens (tertiary/aromatic N) is 2. The van der Waals surface area contributed by atoms with Gasteiger partial charge in [-0.2, -0.15) is 0 Å². The van der Waals surface area contributed by atoms with Crippen molar-refractivity contribution < 1.29 is 22.7 Å². The zero-order valence-corrected chi connectivity index (χ0v) is 24.9. The Labute approximate surface area is 247 Å². The van der Waals surface area contributed by atoms with Gasteiger partial charge in [0.2, 0.25) is 11.8 Å². The Morgan fingerprint density at radius 2 is 1.68 bits per heavy atom. The number of carbonyl (C=O) groups is 2. The lowest BCUT2D eigenvalue weighted by Crippen LogP contribution is -2.53. The van der Waals surface area contributed by atoms with Crippen LogP contribution in [0.2, 0.25) is 5.02 Å². The number of ether oxygens (including phenoxy) is 1. The molecule has 1 N–H and O–H groups in total. The molecule has 1 aliphatic carbocycles. The molecule has 3 aromatic carbocycles. The van der Waals surface area contributed by atoms with Crippen LogP contribution in [0, 0.1) is 0 Å². The minimum Gasteiger partial charge on any atom is -0.497 e. The molecule has 0 aromatic heterocycles. The van der Waals surface area contributed by atoms with Gasteiger partial charge in [-0.25, -0.2) is 8.42 Å². The number of anilines is 1. The number of hydrogen-bond acceptors (Lipinski definition) is 5. The molecule has 2 amide bonds. The summed E-state index contributed by atoms with van der Waals surface area (Å²) in [5.74, 6) is -0.357. The Morgan fingerprint density at radius 3 is 2.37 bits per heavy atom. The summed E-state index contributed by atoms with van der Waals surface area (Å²) < 4.78 is 34.1. The molecular weight excluding hydrogens is 562 g/mol. The first-order chi connectivity index (χ1) is 19.7. The van der Waals surface area contributed by atoms with Crippen LogP contribution in [-0.2, 0) is 26.2 Å². The number of hydrogen-bond donors (Lipinski definition) is 1. The zero-order chi connectivity index (χ0) is 29.4. The fraction of sp³-hybridized carbons (Fsp3) is 0.355. The van der Waals surface area contributed by atoms with Gasteiger partial charge in [-0.1, -0.05) is 67.3 Å². The molecule has 3 aromatic rings. The van der Waals surface area contributed by atoms with E-state index in [2.05, 4.69) is 5.32 Å². The van der Waals surface area contributed by atoms with Crippen molar-refractivity contribution in [3.05, 3.63) is 89.4 Å². The minimum atomic E-state index is -4.15. The van der Waals surface area contributed by atoms with Crippen molar-refractivity contribution >= 4 is 39.1 Å². The highest BCUT2D eigenvalue weighted by atomic mass is 35.5. The van der Waals surface area contributed by atoms with E-state index in [4.69, 9.17) is 16.3 Å². The Morgan fingerprint density at radius 1 is 0.976 bits per heavy atom. The predicted octanol–water partition coefficient (Wildman–Crippen LogP) is 5.41. The highest BCUT2D eigenvalue weighted by Crippen LogP contribution is 2.28. The summed E-state index contributed by atoms with van der Waals surface area (Å²) in [6, 6.07) is 20.7. The van der Waals surface area contributed by atoms with Gasteiger partial charge in [-0.3, -0.25) is 13.9 Å². The summed E-state index contributed by atoms with van der Waals surface area (Å²) in [7, 11) is -2.66. The van der Waals surface area contributed by atoms with Crippen LogP contribution in [0.4, 0.5) is 5.69 Å². The van der Waals surface area contributed by atoms with E-state index in [1.54, 1.807) is 67.6 Å². The van der Waals surface area contributed by atoms with Gasteiger partial charge in [0.25, 0.3) is 10.0 Å². The van der Waals surface area contributed by atoms with E-state index < -0.39 is 28.5 Å². The maximum Gasteiger partial charge on any atom is 0.264 e. The smallest absolute Gasteiger partial charge is 0.264 e. The average Bonchev–Trinajstić information content (AvgIpc) is 2.99. The van der Waals surface area contributed by atoms with Gasteiger partial charge in [0.1, 0.15) is 18.3 Å². The number of nitrogens with one attached hydrogen (secondary N) is 1. The van der Waals surface area contributed by atoms with E-state index >= 15 is 0 Å². The van der Waals surface area contributed by atoms with Crippen LogP contribution in [0.3, 0.4) is 0 Å². The van der Waals surface area contributed by atoms with E-state index in [0.29, 0.717) is 10.8 Å². The molecule has 10 heteroatoms. The van der Waals surface area contributed by atoms with Crippen molar-refractivity contribution in [2.45, 2.75) is 62.6 Å². The van der Waals surface area contributed by atoms with E-state index in [1.165, 1.54) is 24.1 Å². The van der Waals surface area contributed by atoms with Crippen LogP contribution in [0.25, 0.3) is 0 Å². The van der Waals surface area contributed by atoms with Crippen LogP contribution in [0.5, 0.6) is 5.75 Å². The van der Waals surface area contributed by atoms with E-state index in [1.807, 2.05) is 6.07 Å². The molecule has 0 spiro atoms. The fourth-order valence-corrected chi connectivity index (χ4v) is 6.64. The third-order valence-corrected chi connectivity index (χ3v) is 9.34. The molecule has 1 saturated carbocycles. The molecular formula is C31H36ClN3O5S. The summed E-state index contributed by atoms with van der Waals surface area (Å²) in [6.45, 7) is 1.23. The van der Waals surface area contributed by atoms with Crippen molar-refractivity contribution in [1.29, 1.82) is 0 Å². The second-order valence-corrected chi connectivity index (χ2v) is 12.5. The maximum absolute atomic E-state index is 14.1. The second-order valence-electron chi connectivity index (χ2n) is 10.2. The first-order valence-corrected chi connectivity index (χ1v) is 15.6. The van der Waals surface area contributed by atoms with Crippen molar-refractivity contribution in [3.63, 3.8) is 0 Å². The van der Waals surface area contributed by atoms with Gasteiger partial charge >= 0.3 is 0 Å². The molecule has 1 fully saturated rings. The van der Waals surface area contributed by atoms with Gasteiger partial charge in [0.15, 0.2) is 0 Å². The molecule has 1 unspecified atom stereocenters. The van der Waals surface area contributed by atoms with Gasteiger partial charge in [-0.05, 0) is 61.7 Å². The van der Waals surface area contributed by atoms with Gasteiger partial charge in [0, 0.05) is 23.7 Å². The largest absolute Gasteiger partial charge is 0.497 e. The predicted molar refractivity (Wildman–Crippen MR) is 160 cm³/mol. The molecule has 41 heavy (non-hydrogen) atoms. The minimum absolute atomic E-state index is 0.0418. The molecule has 0 bridgehead atoms. The first kappa shape index (κ1) is 30.4. The van der Waals surface area contributed by atoms with Crippen molar-refractivity contribution in [2.24, 2.45) is 0 Å². The number of methoxy groups -OCH3 is 1. The molecule has 4 rings (SSSR count). The summed E-state index contributed by atoms with van der Waals surface area (Å²) in [5, 5.41) is 3.60. The lowest BCUT2D eigenvalue weighted by Gasteiger charge is -2.33. The Kier molecular flexibility index (Phi) is 10.3. The number of rotatable bonds is 11. The lowest BCUT2D eigenvalue weighted by molar-refractivity contribution is -0.139. The molecule has 8 nitrogen and oxygen atoms in total. The monoisotopic (exact) mass is 597 g/mol. The molecule has 0 saturated heterocycles. The third-order valence-electron chi connectivity index (χ3n) is 7.31. The summed E-state index contributed by atoms with van der Waals surface area (Å²) in [4.78, 5) is 28.9. The molecule has 1 atom stereocenters. The quantitative estimate of drug-likeness (QED) is 0.319. The number of carbonyl (C=O) groups excluding carboxylic acids is 2. The van der Waals surface area contributed by atoms with Crippen LogP contribution in [0.1, 0.15) is 44.6 Å². The van der Waals surface area contributed by atoms with Crippen LogP contribution in [0.15, 0.2) is 83.8 Å². The third kappa shape index (κ3) is 7.80. The van der Waals surface area contributed by atoms with Crippen molar-refractivity contribution in [3.8, 4) is 5.75 Å². The number of halogens is 1. The first-order valence-electron chi connectivity index (χ1n) is 13.7. The van der Waals surface area contributed by atoms with Gasteiger partial charge in [-0.15, -0.1) is 0 Å². The Bertz CT molecular complexity index is 1440.